The minimum absolute atomic E-state index is 0.0113. The fourth-order valence-electron chi connectivity index (χ4n) is 3.65. The van der Waals surface area contributed by atoms with E-state index in [9.17, 15) is 9.59 Å². The number of hydrogen-bond donors (Lipinski definition) is 0. The predicted molar refractivity (Wildman–Crippen MR) is 91.9 cm³/mol. The minimum Gasteiger partial charge on any atom is -0.368 e. The van der Waals surface area contributed by atoms with E-state index in [4.69, 9.17) is 4.74 Å². The van der Waals surface area contributed by atoms with Gasteiger partial charge in [-0.3, -0.25) is 9.59 Å². The molecule has 2 saturated heterocycles. The zero-order valence-electron chi connectivity index (χ0n) is 13.6. The molecule has 0 aliphatic carbocycles. The monoisotopic (exact) mass is 346 g/mol. The van der Waals surface area contributed by atoms with E-state index in [-0.39, 0.29) is 23.2 Å². The number of carbonyl (C=O) groups excluding carboxylic acids is 2. The lowest BCUT2D eigenvalue weighted by molar-refractivity contribution is -0.145. The molecule has 5 nitrogen and oxygen atoms in total. The van der Waals surface area contributed by atoms with Crippen molar-refractivity contribution in [3.63, 3.8) is 0 Å². The summed E-state index contributed by atoms with van der Waals surface area (Å²) in [5, 5.41) is -0.0113. The van der Waals surface area contributed by atoms with Crippen molar-refractivity contribution in [3.05, 3.63) is 29.8 Å². The van der Waals surface area contributed by atoms with Gasteiger partial charge in [-0.05, 0) is 30.9 Å². The van der Waals surface area contributed by atoms with Crippen LogP contribution in [0.4, 0.5) is 0 Å². The molecule has 24 heavy (non-hydrogen) atoms. The van der Waals surface area contributed by atoms with E-state index in [1.807, 2.05) is 21.9 Å². The van der Waals surface area contributed by atoms with E-state index in [1.165, 1.54) is 10.5 Å². The summed E-state index contributed by atoms with van der Waals surface area (Å²) in [5.41, 5.74) is 1.27. The number of fused-ring (bicyclic) bond motifs is 1. The second-order valence-electron chi connectivity index (χ2n) is 6.57. The molecule has 2 atom stereocenters. The van der Waals surface area contributed by atoms with Gasteiger partial charge in [0.15, 0.2) is 0 Å². The molecule has 0 saturated carbocycles. The Labute approximate surface area is 146 Å². The van der Waals surface area contributed by atoms with Gasteiger partial charge in [0.1, 0.15) is 6.10 Å². The van der Waals surface area contributed by atoms with Crippen LogP contribution in [0.3, 0.4) is 0 Å². The Morgan fingerprint density at radius 3 is 2.42 bits per heavy atom. The first kappa shape index (κ1) is 16.0. The molecule has 0 N–H and O–H groups in total. The third kappa shape index (κ3) is 3.05. The summed E-state index contributed by atoms with van der Waals surface area (Å²) in [4.78, 5) is 30.2. The quantitative estimate of drug-likeness (QED) is 0.815. The molecule has 2 fully saturated rings. The van der Waals surface area contributed by atoms with Crippen molar-refractivity contribution in [1.29, 1.82) is 0 Å². The molecule has 2 amide bonds. The lowest BCUT2D eigenvalue weighted by Crippen LogP contribution is -2.54. The fraction of sp³-hybridized carbons (Fsp3) is 0.556. The van der Waals surface area contributed by atoms with Gasteiger partial charge in [-0.1, -0.05) is 18.2 Å². The van der Waals surface area contributed by atoms with Crippen LogP contribution in [-0.2, 0) is 20.7 Å². The van der Waals surface area contributed by atoms with Crippen LogP contribution in [-0.4, -0.2) is 65.8 Å². The van der Waals surface area contributed by atoms with Crippen LogP contribution in [0.25, 0.3) is 0 Å². The Morgan fingerprint density at radius 1 is 1.04 bits per heavy atom. The van der Waals surface area contributed by atoms with Crippen LogP contribution in [0.2, 0.25) is 0 Å². The Morgan fingerprint density at radius 2 is 1.75 bits per heavy atom. The third-order valence-corrected chi connectivity index (χ3v) is 6.34. The maximum atomic E-state index is 12.8. The van der Waals surface area contributed by atoms with Crippen molar-refractivity contribution in [2.24, 2.45) is 0 Å². The molecule has 0 bridgehead atoms. The lowest BCUT2D eigenvalue weighted by atomic mass is 10.1. The van der Waals surface area contributed by atoms with Crippen molar-refractivity contribution in [1.82, 2.24) is 9.80 Å². The van der Waals surface area contributed by atoms with E-state index in [0.29, 0.717) is 32.8 Å². The van der Waals surface area contributed by atoms with Gasteiger partial charge in [0.2, 0.25) is 5.91 Å². The van der Waals surface area contributed by atoms with Gasteiger partial charge in [0, 0.05) is 37.7 Å². The van der Waals surface area contributed by atoms with E-state index in [0.717, 1.165) is 19.3 Å². The normalized spacial score (nSPS) is 26.5. The number of amides is 2. The van der Waals surface area contributed by atoms with E-state index in [2.05, 4.69) is 12.1 Å². The SMILES string of the molecule is O=C([C@@H]1CCCO1)N1CCN(C(=O)[C@@H]2Cc3ccccc3S2)CC1. The van der Waals surface area contributed by atoms with Crippen LogP contribution >= 0.6 is 11.8 Å². The molecular weight excluding hydrogens is 324 g/mol. The van der Waals surface area contributed by atoms with Crippen LogP contribution in [0.1, 0.15) is 18.4 Å². The predicted octanol–water partition coefficient (Wildman–Crippen LogP) is 1.55. The summed E-state index contributed by atoms with van der Waals surface area (Å²) >= 11 is 1.67. The second kappa shape index (κ2) is 6.76. The standard InChI is InChI=1S/C18H22N2O3S/c21-17(14-5-3-11-23-14)19-7-9-20(10-8-19)18(22)16-12-13-4-1-2-6-15(13)24-16/h1-2,4,6,14,16H,3,5,7-12H2/t14-,16-/m0/s1. The molecule has 1 aromatic carbocycles. The number of rotatable bonds is 2. The smallest absolute Gasteiger partial charge is 0.251 e. The highest BCUT2D eigenvalue weighted by Crippen LogP contribution is 2.37. The van der Waals surface area contributed by atoms with Crippen LogP contribution in [0, 0.1) is 0 Å². The molecule has 128 valence electrons. The van der Waals surface area contributed by atoms with Crippen molar-refractivity contribution in [2.75, 3.05) is 32.8 Å². The highest BCUT2D eigenvalue weighted by molar-refractivity contribution is 8.01. The van der Waals surface area contributed by atoms with Gasteiger partial charge in [-0.25, -0.2) is 0 Å². The maximum absolute atomic E-state index is 12.8. The molecule has 0 radical (unpaired) electrons. The number of benzene rings is 1. The van der Waals surface area contributed by atoms with E-state index < -0.39 is 0 Å². The molecule has 0 unspecified atom stereocenters. The highest BCUT2D eigenvalue weighted by Gasteiger charge is 2.35. The first-order chi connectivity index (χ1) is 11.7. The Hall–Kier alpha value is -1.53. The first-order valence-corrected chi connectivity index (χ1v) is 9.54. The molecule has 3 aliphatic rings. The van der Waals surface area contributed by atoms with E-state index >= 15 is 0 Å². The fourth-order valence-corrected chi connectivity index (χ4v) is 4.93. The Balaban J connectivity index is 1.31. The molecule has 1 aromatic rings. The molecular formula is C18H22N2O3S. The topological polar surface area (TPSA) is 49.9 Å². The van der Waals surface area contributed by atoms with Crippen LogP contribution < -0.4 is 0 Å². The zero-order chi connectivity index (χ0) is 16.5. The average molecular weight is 346 g/mol. The van der Waals surface area contributed by atoms with Crippen LogP contribution in [0.15, 0.2) is 29.2 Å². The van der Waals surface area contributed by atoms with Gasteiger partial charge in [0.25, 0.3) is 5.91 Å². The number of piperazine rings is 1. The van der Waals surface area contributed by atoms with Crippen molar-refractivity contribution >= 4 is 23.6 Å². The van der Waals surface area contributed by atoms with Gasteiger partial charge in [0.05, 0.1) is 5.25 Å². The molecule has 3 heterocycles. The number of nitrogens with zero attached hydrogens (tertiary/aromatic N) is 2. The van der Waals surface area contributed by atoms with Gasteiger partial charge >= 0.3 is 0 Å². The summed E-state index contributed by atoms with van der Waals surface area (Å²) < 4.78 is 5.48. The summed E-state index contributed by atoms with van der Waals surface area (Å²) in [7, 11) is 0. The van der Waals surface area contributed by atoms with Crippen molar-refractivity contribution in [2.45, 2.75) is 35.5 Å². The molecule has 3 aliphatic heterocycles. The second-order valence-corrected chi connectivity index (χ2v) is 7.82. The summed E-state index contributed by atoms with van der Waals surface area (Å²) in [6.07, 6.45) is 2.35. The van der Waals surface area contributed by atoms with Crippen molar-refractivity contribution < 1.29 is 14.3 Å². The van der Waals surface area contributed by atoms with Gasteiger partial charge in [-0.2, -0.15) is 0 Å². The third-order valence-electron chi connectivity index (χ3n) is 5.03. The maximum Gasteiger partial charge on any atom is 0.251 e. The van der Waals surface area contributed by atoms with E-state index in [1.54, 1.807) is 11.8 Å². The number of thioether (sulfide) groups is 1. The minimum atomic E-state index is -0.257. The van der Waals surface area contributed by atoms with Gasteiger partial charge in [-0.15, -0.1) is 11.8 Å². The lowest BCUT2D eigenvalue weighted by Gasteiger charge is -2.36. The largest absolute Gasteiger partial charge is 0.368 e. The summed E-state index contributed by atoms with van der Waals surface area (Å²) in [5.74, 6) is 0.308. The summed E-state index contributed by atoms with van der Waals surface area (Å²) in [6.45, 7) is 3.19. The molecule has 6 heteroatoms. The molecule has 4 rings (SSSR count). The zero-order valence-corrected chi connectivity index (χ0v) is 14.5. The van der Waals surface area contributed by atoms with Crippen LogP contribution in [0.5, 0.6) is 0 Å². The highest BCUT2D eigenvalue weighted by atomic mass is 32.2. The number of ether oxygens (including phenoxy) is 1. The Bertz CT molecular complexity index is 612. The Kier molecular flexibility index (Phi) is 4.50. The number of hydrogen-bond acceptors (Lipinski definition) is 4. The van der Waals surface area contributed by atoms with Gasteiger partial charge < -0.3 is 14.5 Å². The molecule has 0 aromatic heterocycles. The number of carbonyl (C=O) groups is 2. The molecule has 0 spiro atoms. The average Bonchev–Trinajstić information content (AvgIpc) is 3.30. The summed E-state index contributed by atoms with van der Waals surface area (Å²) in [6, 6.07) is 8.25. The first-order valence-electron chi connectivity index (χ1n) is 8.66. The van der Waals surface area contributed by atoms with Crippen molar-refractivity contribution in [3.8, 4) is 0 Å².